The van der Waals surface area contributed by atoms with E-state index in [9.17, 15) is 9.59 Å². The van der Waals surface area contributed by atoms with Gasteiger partial charge in [0.2, 0.25) is 0 Å². The smallest absolute Gasteiger partial charge is 0.354 e. The molecule has 0 aliphatic carbocycles. The summed E-state index contributed by atoms with van der Waals surface area (Å²) in [6.07, 6.45) is 0.273. The highest BCUT2D eigenvalue weighted by atomic mass is 35.5. The van der Waals surface area contributed by atoms with Crippen LogP contribution < -0.4 is 4.74 Å². The van der Waals surface area contributed by atoms with Crippen molar-refractivity contribution in [2.24, 2.45) is 7.05 Å². The Kier molecular flexibility index (Phi) is 8.06. The molecule has 0 bridgehead atoms. The molecule has 0 spiro atoms. The average Bonchev–Trinajstić information content (AvgIpc) is 3.39. The standard InChI is InChI=1S/C28H29ClFN3O5/c1-16-24(22(14-29)31-33(16)15-17-6-8-18(36-3)9-7-17)25-21(30)12-10-19-20(11-13-23(34)37-4)27(28(35)38-5)32(2)26(19)25/h6-10,12H,11,13-15H2,1-5H3. The first-order chi connectivity index (χ1) is 18.2. The second kappa shape index (κ2) is 11.3. The number of alkyl halides is 1. The number of esters is 2. The molecule has 0 aliphatic heterocycles. The lowest BCUT2D eigenvalue weighted by molar-refractivity contribution is -0.140. The maximum absolute atomic E-state index is 15.7. The Hall–Kier alpha value is -3.85. The number of benzene rings is 2. The first-order valence-corrected chi connectivity index (χ1v) is 12.5. The van der Waals surface area contributed by atoms with Crippen LogP contribution in [0.15, 0.2) is 36.4 Å². The first kappa shape index (κ1) is 27.2. The monoisotopic (exact) mass is 541 g/mol. The largest absolute Gasteiger partial charge is 0.497 e. The number of hydrogen-bond donors (Lipinski definition) is 0. The van der Waals surface area contributed by atoms with Crippen LogP contribution in [0.5, 0.6) is 5.75 Å². The molecule has 10 heteroatoms. The molecular formula is C28H29ClFN3O5. The molecule has 0 radical (unpaired) electrons. The highest BCUT2D eigenvalue weighted by Gasteiger charge is 2.28. The van der Waals surface area contributed by atoms with Crippen molar-refractivity contribution in [3.05, 3.63) is 70.4 Å². The number of carbonyl (C=O) groups excluding carboxylic acids is 2. The fourth-order valence-corrected chi connectivity index (χ4v) is 5.05. The van der Waals surface area contributed by atoms with E-state index in [1.54, 1.807) is 29.5 Å². The molecule has 4 aromatic rings. The highest BCUT2D eigenvalue weighted by molar-refractivity contribution is 6.17. The van der Waals surface area contributed by atoms with E-state index in [0.717, 1.165) is 17.0 Å². The van der Waals surface area contributed by atoms with E-state index in [2.05, 4.69) is 0 Å². The normalized spacial score (nSPS) is 11.1. The lowest BCUT2D eigenvalue weighted by atomic mass is 9.98. The Balaban J connectivity index is 1.92. The van der Waals surface area contributed by atoms with Crippen LogP contribution in [-0.2, 0) is 40.2 Å². The van der Waals surface area contributed by atoms with Crippen molar-refractivity contribution in [1.29, 1.82) is 0 Å². The van der Waals surface area contributed by atoms with Gasteiger partial charge < -0.3 is 18.8 Å². The number of aryl methyl sites for hydroxylation is 2. The van der Waals surface area contributed by atoms with E-state index in [-0.39, 0.29) is 30.0 Å². The van der Waals surface area contributed by atoms with E-state index in [1.165, 1.54) is 20.3 Å². The summed E-state index contributed by atoms with van der Waals surface area (Å²) in [4.78, 5) is 24.7. The third-order valence-corrected chi connectivity index (χ3v) is 6.99. The number of hydrogen-bond acceptors (Lipinski definition) is 6. The van der Waals surface area contributed by atoms with Crippen LogP contribution in [0, 0.1) is 12.7 Å². The lowest BCUT2D eigenvalue weighted by Gasteiger charge is -2.11. The predicted octanol–water partition coefficient (Wildman–Crippen LogP) is 5.18. The van der Waals surface area contributed by atoms with E-state index < -0.39 is 17.8 Å². The number of nitrogens with zero attached hydrogens (tertiary/aromatic N) is 3. The van der Waals surface area contributed by atoms with Gasteiger partial charge in [-0.1, -0.05) is 12.1 Å². The zero-order valence-electron chi connectivity index (χ0n) is 21.9. The summed E-state index contributed by atoms with van der Waals surface area (Å²) in [5.41, 5.74) is 4.39. The van der Waals surface area contributed by atoms with Gasteiger partial charge in [0, 0.05) is 35.7 Å². The van der Waals surface area contributed by atoms with Gasteiger partial charge in [-0.15, -0.1) is 11.6 Å². The maximum atomic E-state index is 15.7. The SMILES string of the molecule is COC(=O)CCc1c(C(=O)OC)n(C)c2c(-c3c(CCl)nn(Cc4ccc(OC)cc4)c3C)c(F)ccc12. The minimum Gasteiger partial charge on any atom is -0.497 e. The maximum Gasteiger partial charge on any atom is 0.354 e. The van der Waals surface area contributed by atoms with E-state index in [1.807, 2.05) is 31.2 Å². The number of rotatable bonds is 9. The van der Waals surface area contributed by atoms with Gasteiger partial charge >= 0.3 is 11.9 Å². The van der Waals surface area contributed by atoms with Crippen molar-refractivity contribution >= 4 is 34.4 Å². The summed E-state index contributed by atoms with van der Waals surface area (Å²) >= 11 is 6.32. The van der Waals surface area contributed by atoms with E-state index in [4.69, 9.17) is 30.9 Å². The van der Waals surface area contributed by atoms with Gasteiger partial charge in [-0.25, -0.2) is 9.18 Å². The zero-order valence-corrected chi connectivity index (χ0v) is 22.7. The lowest BCUT2D eigenvalue weighted by Crippen LogP contribution is -2.11. The Morgan fingerprint density at radius 1 is 1.03 bits per heavy atom. The van der Waals surface area contributed by atoms with Gasteiger partial charge in [-0.3, -0.25) is 9.48 Å². The Morgan fingerprint density at radius 3 is 2.34 bits per heavy atom. The van der Waals surface area contributed by atoms with Crippen LogP contribution in [0.3, 0.4) is 0 Å². The molecule has 2 aromatic carbocycles. The molecule has 2 heterocycles. The number of carbonyl (C=O) groups is 2. The zero-order chi connectivity index (χ0) is 27.6. The summed E-state index contributed by atoms with van der Waals surface area (Å²) in [7, 11) is 5.87. The molecule has 0 saturated heterocycles. The molecule has 200 valence electrons. The fraction of sp³-hybridized carbons (Fsp3) is 0.321. The van der Waals surface area contributed by atoms with Gasteiger partial charge in [0.15, 0.2) is 0 Å². The van der Waals surface area contributed by atoms with Crippen molar-refractivity contribution in [2.75, 3.05) is 21.3 Å². The third-order valence-electron chi connectivity index (χ3n) is 6.74. The van der Waals surface area contributed by atoms with Gasteiger partial charge in [0.05, 0.1) is 45.0 Å². The van der Waals surface area contributed by atoms with Gasteiger partial charge in [0.1, 0.15) is 17.3 Å². The molecule has 0 amide bonds. The third kappa shape index (κ3) is 4.86. The van der Waals surface area contributed by atoms with Gasteiger partial charge in [0.25, 0.3) is 0 Å². The molecule has 0 unspecified atom stereocenters. The Labute approximate surface area is 224 Å². The fourth-order valence-electron chi connectivity index (χ4n) is 4.86. The van der Waals surface area contributed by atoms with Crippen LogP contribution in [0.25, 0.3) is 22.0 Å². The van der Waals surface area contributed by atoms with E-state index in [0.29, 0.717) is 34.3 Å². The minimum absolute atomic E-state index is 0.0536. The molecule has 4 rings (SSSR count). The summed E-state index contributed by atoms with van der Waals surface area (Å²) in [5.74, 6) is -0.674. The van der Waals surface area contributed by atoms with Gasteiger partial charge in [-0.2, -0.15) is 5.10 Å². The Morgan fingerprint density at radius 2 is 1.74 bits per heavy atom. The number of ether oxygens (including phenoxy) is 3. The van der Waals surface area contributed by atoms with Crippen molar-refractivity contribution < 1.29 is 28.2 Å². The molecule has 0 fully saturated rings. The van der Waals surface area contributed by atoms with Crippen molar-refractivity contribution in [3.63, 3.8) is 0 Å². The Bertz CT molecular complexity index is 1510. The van der Waals surface area contributed by atoms with Crippen LogP contribution in [0.1, 0.15) is 39.4 Å². The quantitative estimate of drug-likeness (QED) is 0.214. The average molecular weight is 542 g/mol. The number of aromatic nitrogens is 3. The van der Waals surface area contributed by atoms with Crippen LogP contribution in [-0.4, -0.2) is 47.6 Å². The number of methoxy groups -OCH3 is 3. The van der Waals surface area contributed by atoms with Crippen LogP contribution >= 0.6 is 11.6 Å². The summed E-state index contributed by atoms with van der Waals surface area (Å²) in [6.45, 7) is 2.31. The number of halogens is 2. The molecular weight excluding hydrogens is 513 g/mol. The van der Waals surface area contributed by atoms with Crippen molar-refractivity contribution in [3.8, 4) is 16.9 Å². The predicted molar refractivity (Wildman–Crippen MR) is 142 cm³/mol. The van der Waals surface area contributed by atoms with Crippen molar-refractivity contribution in [2.45, 2.75) is 32.2 Å². The molecule has 0 saturated carbocycles. The summed E-state index contributed by atoms with van der Waals surface area (Å²) < 4.78 is 34.2. The molecule has 2 aromatic heterocycles. The topological polar surface area (TPSA) is 84.6 Å². The van der Waals surface area contributed by atoms with Crippen LogP contribution in [0.4, 0.5) is 4.39 Å². The molecule has 0 atom stereocenters. The molecule has 0 aliphatic rings. The summed E-state index contributed by atoms with van der Waals surface area (Å²) in [5, 5.41) is 5.33. The van der Waals surface area contributed by atoms with E-state index >= 15 is 4.39 Å². The van der Waals surface area contributed by atoms with Gasteiger partial charge in [-0.05, 0) is 48.7 Å². The second-order valence-corrected chi connectivity index (χ2v) is 9.09. The molecule has 0 N–H and O–H groups in total. The van der Waals surface area contributed by atoms with Crippen LogP contribution in [0.2, 0.25) is 0 Å². The first-order valence-electron chi connectivity index (χ1n) is 12.0. The number of fused-ring (bicyclic) bond motifs is 1. The molecule has 8 nitrogen and oxygen atoms in total. The minimum atomic E-state index is -0.584. The molecule has 38 heavy (non-hydrogen) atoms. The second-order valence-electron chi connectivity index (χ2n) is 8.82. The van der Waals surface area contributed by atoms with Crippen molar-refractivity contribution in [1.82, 2.24) is 14.3 Å². The summed E-state index contributed by atoms with van der Waals surface area (Å²) in [6, 6.07) is 10.6. The highest BCUT2D eigenvalue weighted by Crippen LogP contribution is 2.40.